The van der Waals surface area contributed by atoms with Crippen molar-refractivity contribution < 1.29 is 33.4 Å². The molecule has 134 valence electrons. The van der Waals surface area contributed by atoms with Crippen LogP contribution in [0.3, 0.4) is 0 Å². The van der Waals surface area contributed by atoms with Crippen LogP contribution in [0.25, 0.3) is 0 Å². The summed E-state index contributed by atoms with van der Waals surface area (Å²) in [5.74, 6) is -3.31. The minimum absolute atomic E-state index is 0.0697. The maximum absolute atomic E-state index is 11.9. The van der Waals surface area contributed by atoms with Gasteiger partial charge >= 0.3 is 23.9 Å². The molecular formula is C18H20O7. The molecule has 0 aliphatic heterocycles. The SMILES string of the molecule is CCOC(=O)/C=C/C(=O)OC(CC)C(=O)OC(=O)Cc1ccccc1. The third-order valence-electron chi connectivity index (χ3n) is 2.94. The summed E-state index contributed by atoms with van der Waals surface area (Å²) >= 11 is 0. The van der Waals surface area contributed by atoms with E-state index in [-0.39, 0.29) is 19.4 Å². The Labute approximate surface area is 145 Å². The fourth-order valence-corrected chi connectivity index (χ4v) is 1.78. The van der Waals surface area contributed by atoms with Gasteiger partial charge in [-0.05, 0) is 18.9 Å². The van der Waals surface area contributed by atoms with Crippen LogP contribution in [0.4, 0.5) is 0 Å². The first-order chi connectivity index (χ1) is 12.0. The minimum Gasteiger partial charge on any atom is -0.463 e. The molecule has 0 heterocycles. The summed E-state index contributed by atoms with van der Waals surface area (Å²) in [7, 11) is 0. The number of hydrogen-bond acceptors (Lipinski definition) is 7. The van der Waals surface area contributed by atoms with E-state index in [1.165, 1.54) is 0 Å². The van der Waals surface area contributed by atoms with Crippen molar-refractivity contribution in [3.05, 3.63) is 48.0 Å². The molecule has 1 unspecified atom stereocenters. The van der Waals surface area contributed by atoms with E-state index in [2.05, 4.69) is 4.74 Å². The summed E-state index contributed by atoms with van der Waals surface area (Å²) < 4.78 is 14.2. The van der Waals surface area contributed by atoms with Crippen LogP contribution in [0.2, 0.25) is 0 Å². The molecule has 0 saturated heterocycles. The van der Waals surface area contributed by atoms with Crippen molar-refractivity contribution in [3.8, 4) is 0 Å². The molecule has 25 heavy (non-hydrogen) atoms. The van der Waals surface area contributed by atoms with E-state index in [9.17, 15) is 19.2 Å². The Morgan fingerprint density at radius 3 is 2.24 bits per heavy atom. The Balaban J connectivity index is 2.52. The van der Waals surface area contributed by atoms with Crippen molar-refractivity contribution in [1.82, 2.24) is 0 Å². The van der Waals surface area contributed by atoms with Gasteiger partial charge in [0.15, 0.2) is 6.10 Å². The molecule has 1 atom stereocenters. The average molecular weight is 348 g/mol. The van der Waals surface area contributed by atoms with Crippen molar-refractivity contribution in [1.29, 1.82) is 0 Å². The van der Waals surface area contributed by atoms with Gasteiger partial charge < -0.3 is 14.2 Å². The van der Waals surface area contributed by atoms with Gasteiger partial charge in [-0.15, -0.1) is 0 Å². The fraction of sp³-hybridized carbons (Fsp3) is 0.333. The van der Waals surface area contributed by atoms with E-state index < -0.39 is 30.0 Å². The number of benzene rings is 1. The number of carbonyl (C=O) groups excluding carboxylic acids is 4. The molecular weight excluding hydrogens is 328 g/mol. The smallest absolute Gasteiger partial charge is 0.355 e. The zero-order valence-electron chi connectivity index (χ0n) is 14.1. The van der Waals surface area contributed by atoms with E-state index in [4.69, 9.17) is 9.47 Å². The summed E-state index contributed by atoms with van der Waals surface area (Å²) in [6.07, 6.45) is 0.555. The highest BCUT2D eigenvalue weighted by Crippen LogP contribution is 2.06. The molecule has 0 N–H and O–H groups in total. The lowest BCUT2D eigenvalue weighted by atomic mass is 10.1. The monoisotopic (exact) mass is 348 g/mol. The molecule has 0 radical (unpaired) electrons. The predicted octanol–water partition coefficient (Wildman–Crippen LogP) is 1.74. The second-order valence-electron chi connectivity index (χ2n) is 4.87. The molecule has 0 amide bonds. The fourth-order valence-electron chi connectivity index (χ4n) is 1.78. The zero-order valence-corrected chi connectivity index (χ0v) is 14.1. The number of carbonyl (C=O) groups is 4. The number of esters is 4. The molecule has 0 aliphatic carbocycles. The van der Waals surface area contributed by atoms with Crippen LogP contribution < -0.4 is 0 Å². The van der Waals surface area contributed by atoms with Crippen LogP contribution in [0.5, 0.6) is 0 Å². The van der Waals surface area contributed by atoms with Crippen LogP contribution in [0.1, 0.15) is 25.8 Å². The molecule has 0 saturated carbocycles. The molecule has 0 spiro atoms. The topological polar surface area (TPSA) is 96.0 Å². The molecule has 7 heteroatoms. The van der Waals surface area contributed by atoms with E-state index in [0.717, 1.165) is 12.2 Å². The van der Waals surface area contributed by atoms with E-state index in [1.54, 1.807) is 44.2 Å². The highest BCUT2D eigenvalue weighted by atomic mass is 16.6. The molecule has 0 aliphatic rings. The summed E-state index contributed by atoms with van der Waals surface area (Å²) in [6.45, 7) is 3.39. The minimum atomic E-state index is -1.24. The summed E-state index contributed by atoms with van der Waals surface area (Å²) in [6, 6.07) is 8.77. The molecule has 1 aromatic rings. The van der Waals surface area contributed by atoms with Crippen LogP contribution in [0.15, 0.2) is 42.5 Å². The standard InChI is InChI=1S/C18H20O7/c1-3-14(24-16(20)11-10-15(19)23-4-2)18(22)25-17(21)12-13-8-6-5-7-9-13/h5-11,14H,3-4,12H2,1-2H3/b11-10+. The first-order valence-electron chi connectivity index (χ1n) is 7.80. The van der Waals surface area contributed by atoms with Crippen LogP contribution >= 0.6 is 0 Å². The maximum atomic E-state index is 11.9. The van der Waals surface area contributed by atoms with Crippen LogP contribution in [-0.2, 0) is 39.8 Å². The molecule has 1 aromatic carbocycles. The lowest BCUT2D eigenvalue weighted by Gasteiger charge is -2.13. The lowest BCUT2D eigenvalue weighted by molar-refractivity contribution is -0.172. The van der Waals surface area contributed by atoms with Gasteiger partial charge in [0.25, 0.3) is 0 Å². The number of rotatable bonds is 8. The molecule has 0 fully saturated rings. The molecule has 0 aromatic heterocycles. The summed E-state index contributed by atoms with van der Waals surface area (Å²) in [5, 5.41) is 0. The average Bonchev–Trinajstić information content (AvgIpc) is 2.58. The number of ether oxygens (including phenoxy) is 3. The van der Waals surface area contributed by atoms with E-state index in [1.807, 2.05) is 0 Å². The van der Waals surface area contributed by atoms with Gasteiger partial charge in [-0.25, -0.2) is 14.4 Å². The van der Waals surface area contributed by atoms with Gasteiger partial charge in [0.2, 0.25) is 0 Å². The van der Waals surface area contributed by atoms with Crippen LogP contribution in [0, 0.1) is 0 Å². The zero-order chi connectivity index (χ0) is 18.7. The Hall–Kier alpha value is -2.96. The normalized spacial score (nSPS) is 11.6. The summed E-state index contributed by atoms with van der Waals surface area (Å²) in [4.78, 5) is 46.4. The van der Waals surface area contributed by atoms with Crippen LogP contribution in [-0.4, -0.2) is 36.6 Å². The van der Waals surface area contributed by atoms with E-state index in [0.29, 0.717) is 5.56 Å². The van der Waals surface area contributed by atoms with Gasteiger partial charge in [0, 0.05) is 12.2 Å². The largest absolute Gasteiger partial charge is 0.463 e. The van der Waals surface area contributed by atoms with E-state index >= 15 is 0 Å². The Morgan fingerprint density at radius 1 is 1.00 bits per heavy atom. The number of hydrogen-bond donors (Lipinski definition) is 0. The Morgan fingerprint density at radius 2 is 1.64 bits per heavy atom. The molecule has 0 bridgehead atoms. The third kappa shape index (κ3) is 7.92. The molecule has 7 nitrogen and oxygen atoms in total. The second-order valence-corrected chi connectivity index (χ2v) is 4.87. The van der Waals surface area contributed by atoms with Gasteiger partial charge in [-0.1, -0.05) is 37.3 Å². The van der Waals surface area contributed by atoms with Gasteiger partial charge in [0.1, 0.15) is 0 Å². The van der Waals surface area contributed by atoms with Gasteiger partial charge in [-0.2, -0.15) is 0 Å². The van der Waals surface area contributed by atoms with Gasteiger partial charge in [0.05, 0.1) is 13.0 Å². The first kappa shape index (κ1) is 20.1. The highest BCUT2D eigenvalue weighted by molar-refractivity contribution is 5.94. The highest BCUT2D eigenvalue weighted by Gasteiger charge is 2.24. The first-order valence-corrected chi connectivity index (χ1v) is 7.80. The van der Waals surface area contributed by atoms with Crippen molar-refractivity contribution in [3.63, 3.8) is 0 Å². The Kier molecular flexibility index (Phi) is 8.63. The third-order valence-corrected chi connectivity index (χ3v) is 2.94. The van der Waals surface area contributed by atoms with Crippen molar-refractivity contribution in [2.24, 2.45) is 0 Å². The summed E-state index contributed by atoms with van der Waals surface area (Å²) in [5.41, 5.74) is 0.697. The second kappa shape index (κ2) is 10.7. The predicted molar refractivity (Wildman–Crippen MR) is 87.2 cm³/mol. The lowest BCUT2D eigenvalue weighted by Crippen LogP contribution is -2.30. The molecule has 1 rings (SSSR count). The Bertz CT molecular complexity index is 634. The maximum Gasteiger partial charge on any atom is 0.355 e. The quantitative estimate of drug-likeness (QED) is 0.305. The van der Waals surface area contributed by atoms with Crippen molar-refractivity contribution in [2.75, 3.05) is 6.61 Å². The van der Waals surface area contributed by atoms with Crippen molar-refractivity contribution >= 4 is 23.9 Å². The van der Waals surface area contributed by atoms with Gasteiger partial charge in [-0.3, -0.25) is 4.79 Å². The van der Waals surface area contributed by atoms with Crippen molar-refractivity contribution in [2.45, 2.75) is 32.8 Å².